The van der Waals surface area contributed by atoms with Crippen LogP contribution in [0.3, 0.4) is 0 Å². The summed E-state index contributed by atoms with van der Waals surface area (Å²) >= 11 is 11.9. The molecule has 0 saturated heterocycles. The Hall–Kier alpha value is -0.270. The second-order valence-electron chi connectivity index (χ2n) is 3.47. The molecule has 0 bridgehead atoms. The van der Waals surface area contributed by atoms with Gasteiger partial charge in [-0.25, -0.2) is 4.98 Å². The average molecular weight is 216 g/mol. The molecule has 0 atom stereocenters. The third kappa shape index (κ3) is 1.55. The monoisotopic (exact) mass is 215 g/mol. The Morgan fingerprint density at radius 2 is 1.85 bits per heavy atom. The summed E-state index contributed by atoms with van der Waals surface area (Å²) in [5.41, 5.74) is 3.59. The smallest absolute Gasteiger partial charge is 0.148 e. The highest BCUT2D eigenvalue weighted by atomic mass is 35.5. The topological polar surface area (TPSA) is 12.9 Å². The number of fused-ring (bicyclic) bond motifs is 1. The van der Waals surface area contributed by atoms with E-state index in [1.165, 1.54) is 18.4 Å². The molecule has 3 heteroatoms. The Morgan fingerprint density at radius 1 is 1.15 bits per heavy atom. The molecule has 0 spiro atoms. The minimum absolute atomic E-state index is 0.458. The van der Waals surface area contributed by atoms with Crippen molar-refractivity contribution >= 4 is 23.2 Å². The molecule has 1 aliphatic rings. The fourth-order valence-corrected chi connectivity index (χ4v) is 2.27. The second kappa shape index (κ2) is 3.47. The first kappa shape index (κ1) is 9.29. The van der Waals surface area contributed by atoms with Gasteiger partial charge < -0.3 is 0 Å². The molecule has 0 aliphatic heterocycles. The molecule has 13 heavy (non-hydrogen) atoms. The van der Waals surface area contributed by atoms with Gasteiger partial charge in [0.25, 0.3) is 0 Å². The van der Waals surface area contributed by atoms with Gasteiger partial charge in [0, 0.05) is 5.69 Å². The van der Waals surface area contributed by atoms with E-state index < -0.39 is 0 Å². The molecule has 1 nitrogen and oxygen atoms in total. The van der Waals surface area contributed by atoms with Crippen LogP contribution in [-0.4, -0.2) is 4.98 Å². The molecule has 2 rings (SSSR count). The molecule has 0 aromatic carbocycles. The molecule has 0 unspecified atom stereocenters. The lowest BCUT2D eigenvalue weighted by Gasteiger charge is -2.18. The highest BCUT2D eigenvalue weighted by molar-refractivity contribution is 6.41. The summed E-state index contributed by atoms with van der Waals surface area (Å²) in [5, 5.41) is 1.09. The summed E-state index contributed by atoms with van der Waals surface area (Å²) < 4.78 is 0. The van der Waals surface area contributed by atoms with Gasteiger partial charge in [-0.15, -0.1) is 0 Å². The van der Waals surface area contributed by atoms with Gasteiger partial charge in [0.2, 0.25) is 0 Å². The number of nitrogens with zero attached hydrogens (tertiary/aromatic N) is 1. The van der Waals surface area contributed by atoms with Gasteiger partial charge in [-0.2, -0.15) is 0 Å². The fraction of sp³-hybridized carbons (Fsp3) is 0.500. The lowest BCUT2D eigenvalue weighted by molar-refractivity contribution is 0.664. The van der Waals surface area contributed by atoms with Crippen molar-refractivity contribution in [1.29, 1.82) is 0 Å². The van der Waals surface area contributed by atoms with Crippen LogP contribution in [0.4, 0.5) is 0 Å². The Balaban J connectivity index is 2.60. The van der Waals surface area contributed by atoms with Gasteiger partial charge in [-0.05, 0) is 43.7 Å². The zero-order valence-electron chi connectivity index (χ0n) is 7.53. The predicted octanol–water partition coefficient (Wildman–Crippen LogP) is 3.58. The summed E-state index contributed by atoms with van der Waals surface area (Å²) in [6, 6.07) is 0. The molecule has 1 aromatic rings. The SMILES string of the molecule is Cc1c(Cl)c(Cl)nc2c1CCCC2. The third-order valence-corrected chi connectivity index (χ3v) is 3.47. The first-order valence-electron chi connectivity index (χ1n) is 4.53. The number of hydrogen-bond acceptors (Lipinski definition) is 1. The standard InChI is InChI=1S/C10H11Cl2N/c1-6-7-4-2-3-5-8(7)13-10(12)9(6)11/h2-5H2,1H3. The van der Waals surface area contributed by atoms with Crippen molar-refractivity contribution in [3.63, 3.8) is 0 Å². The maximum atomic E-state index is 6.02. The number of aromatic nitrogens is 1. The van der Waals surface area contributed by atoms with Crippen LogP contribution >= 0.6 is 23.2 Å². The lowest BCUT2D eigenvalue weighted by atomic mass is 9.93. The number of pyridine rings is 1. The van der Waals surface area contributed by atoms with E-state index in [-0.39, 0.29) is 0 Å². The van der Waals surface area contributed by atoms with Crippen LogP contribution in [-0.2, 0) is 12.8 Å². The molecular weight excluding hydrogens is 205 g/mol. The molecule has 70 valence electrons. The Kier molecular flexibility index (Phi) is 2.48. The molecule has 0 amide bonds. The van der Waals surface area contributed by atoms with Crippen molar-refractivity contribution in [2.24, 2.45) is 0 Å². The van der Waals surface area contributed by atoms with Gasteiger partial charge in [0.1, 0.15) is 5.15 Å². The number of aryl methyl sites for hydroxylation is 1. The van der Waals surface area contributed by atoms with Crippen LogP contribution < -0.4 is 0 Å². The van der Waals surface area contributed by atoms with Gasteiger partial charge in [0.15, 0.2) is 0 Å². The van der Waals surface area contributed by atoms with Crippen molar-refractivity contribution in [3.05, 3.63) is 27.0 Å². The van der Waals surface area contributed by atoms with Gasteiger partial charge in [-0.1, -0.05) is 23.2 Å². The molecule has 1 aliphatic carbocycles. The largest absolute Gasteiger partial charge is 0.239 e. The second-order valence-corrected chi connectivity index (χ2v) is 4.21. The fourth-order valence-electron chi connectivity index (χ4n) is 1.87. The molecule has 1 aromatic heterocycles. The third-order valence-electron chi connectivity index (χ3n) is 2.63. The number of hydrogen-bond donors (Lipinski definition) is 0. The quantitative estimate of drug-likeness (QED) is 0.604. The Bertz CT molecular complexity index is 347. The Morgan fingerprint density at radius 3 is 2.62 bits per heavy atom. The average Bonchev–Trinajstić information content (AvgIpc) is 2.15. The van der Waals surface area contributed by atoms with Crippen LogP contribution in [0.2, 0.25) is 10.2 Å². The molecule has 0 radical (unpaired) electrons. The van der Waals surface area contributed by atoms with Crippen molar-refractivity contribution in [1.82, 2.24) is 4.98 Å². The van der Waals surface area contributed by atoms with Crippen molar-refractivity contribution < 1.29 is 0 Å². The summed E-state index contributed by atoms with van der Waals surface area (Å²) in [6.07, 6.45) is 4.61. The van der Waals surface area contributed by atoms with Crippen LogP contribution in [0.25, 0.3) is 0 Å². The molecule has 0 saturated carbocycles. The van der Waals surface area contributed by atoms with E-state index in [9.17, 15) is 0 Å². The van der Waals surface area contributed by atoms with Crippen LogP contribution in [0.15, 0.2) is 0 Å². The summed E-state index contributed by atoms with van der Waals surface area (Å²) in [6.45, 7) is 2.03. The summed E-state index contributed by atoms with van der Waals surface area (Å²) in [7, 11) is 0. The van der Waals surface area contributed by atoms with E-state index >= 15 is 0 Å². The van der Waals surface area contributed by atoms with Crippen LogP contribution in [0, 0.1) is 6.92 Å². The van der Waals surface area contributed by atoms with E-state index in [0.717, 1.165) is 24.1 Å². The molecule has 0 N–H and O–H groups in total. The first-order valence-corrected chi connectivity index (χ1v) is 5.29. The predicted molar refractivity (Wildman–Crippen MR) is 55.6 cm³/mol. The highest BCUT2D eigenvalue weighted by Crippen LogP contribution is 2.31. The summed E-state index contributed by atoms with van der Waals surface area (Å²) in [5.74, 6) is 0. The van der Waals surface area contributed by atoms with E-state index in [0.29, 0.717) is 10.2 Å². The maximum Gasteiger partial charge on any atom is 0.148 e. The lowest BCUT2D eigenvalue weighted by Crippen LogP contribution is -2.08. The number of rotatable bonds is 0. The van der Waals surface area contributed by atoms with Gasteiger partial charge in [-0.3, -0.25) is 0 Å². The van der Waals surface area contributed by atoms with E-state index in [1.807, 2.05) is 6.92 Å². The van der Waals surface area contributed by atoms with Crippen molar-refractivity contribution in [3.8, 4) is 0 Å². The van der Waals surface area contributed by atoms with E-state index in [4.69, 9.17) is 23.2 Å². The zero-order valence-corrected chi connectivity index (χ0v) is 9.04. The van der Waals surface area contributed by atoms with Crippen molar-refractivity contribution in [2.75, 3.05) is 0 Å². The van der Waals surface area contributed by atoms with Crippen LogP contribution in [0.5, 0.6) is 0 Å². The zero-order chi connectivity index (χ0) is 9.42. The highest BCUT2D eigenvalue weighted by Gasteiger charge is 2.17. The minimum atomic E-state index is 0.458. The summed E-state index contributed by atoms with van der Waals surface area (Å²) in [4.78, 5) is 4.31. The Labute approximate surface area is 88.1 Å². The van der Waals surface area contributed by atoms with E-state index in [1.54, 1.807) is 0 Å². The first-order chi connectivity index (χ1) is 6.20. The molecule has 0 fully saturated rings. The van der Waals surface area contributed by atoms with Crippen molar-refractivity contribution in [2.45, 2.75) is 32.6 Å². The molecule has 1 heterocycles. The van der Waals surface area contributed by atoms with Crippen LogP contribution in [0.1, 0.15) is 29.7 Å². The maximum absolute atomic E-state index is 6.02. The molecular formula is C10H11Cl2N. The van der Waals surface area contributed by atoms with Gasteiger partial charge in [0.05, 0.1) is 5.02 Å². The van der Waals surface area contributed by atoms with Gasteiger partial charge >= 0.3 is 0 Å². The normalized spacial score (nSPS) is 15.6. The van der Waals surface area contributed by atoms with E-state index in [2.05, 4.69) is 4.98 Å². The number of halogens is 2. The minimum Gasteiger partial charge on any atom is -0.239 e.